The maximum Gasteiger partial charge on any atom is 0.419 e. The number of halogens is 4. The Bertz CT molecular complexity index is 1510. The average Bonchev–Trinajstić information content (AvgIpc) is 3.19. The van der Waals surface area contributed by atoms with E-state index >= 15 is 0 Å². The normalized spacial score (nSPS) is 11.7. The lowest BCUT2D eigenvalue weighted by Gasteiger charge is -2.09. The van der Waals surface area contributed by atoms with E-state index in [9.17, 15) is 31.9 Å². The van der Waals surface area contributed by atoms with Crippen LogP contribution >= 0.6 is 11.3 Å². The average molecular weight is 479 g/mol. The van der Waals surface area contributed by atoms with Crippen molar-refractivity contribution in [3.8, 4) is 11.3 Å². The molecule has 0 radical (unpaired) electrons. The van der Waals surface area contributed by atoms with E-state index in [1.165, 1.54) is 24.7 Å². The second-order valence-electron chi connectivity index (χ2n) is 6.92. The van der Waals surface area contributed by atoms with Gasteiger partial charge in [-0.05, 0) is 23.8 Å². The highest BCUT2D eigenvalue weighted by Crippen LogP contribution is 2.36. The molecule has 3 heterocycles. The molecule has 4 rings (SSSR count). The van der Waals surface area contributed by atoms with Crippen LogP contribution in [0.5, 0.6) is 0 Å². The van der Waals surface area contributed by atoms with Gasteiger partial charge in [-0.1, -0.05) is 6.07 Å². The lowest BCUT2D eigenvalue weighted by molar-refractivity contribution is -0.139. The zero-order valence-corrected chi connectivity index (χ0v) is 17.5. The molecule has 8 nitrogen and oxygen atoms in total. The number of benzene rings is 1. The van der Waals surface area contributed by atoms with Gasteiger partial charge in [-0.2, -0.15) is 13.2 Å². The van der Waals surface area contributed by atoms with Crippen molar-refractivity contribution in [1.82, 2.24) is 19.5 Å². The summed E-state index contributed by atoms with van der Waals surface area (Å²) in [5.74, 6) is -2.04. The number of amides is 1. The number of anilines is 1. The van der Waals surface area contributed by atoms with Crippen molar-refractivity contribution in [1.29, 1.82) is 0 Å². The number of thiazole rings is 1. The summed E-state index contributed by atoms with van der Waals surface area (Å²) in [7, 11) is 1.28. The van der Waals surface area contributed by atoms with E-state index in [2.05, 4.69) is 20.3 Å². The molecule has 170 valence electrons. The van der Waals surface area contributed by atoms with Gasteiger partial charge in [-0.3, -0.25) is 19.1 Å². The van der Waals surface area contributed by atoms with Gasteiger partial charge in [0.1, 0.15) is 11.5 Å². The summed E-state index contributed by atoms with van der Waals surface area (Å²) in [5.41, 5.74) is -2.78. The first-order valence-electron chi connectivity index (χ1n) is 9.24. The highest BCUT2D eigenvalue weighted by molar-refractivity contribution is 7.14. The maximum absolute atomic E-state index is 14.4. The molecule has 0 spiro atoms. The molecule has 0 unspecified atom stereocenters. The number of hydrogen-bond acceptors (Lipinski definition) is 6. The summed E-state index contributed by atoms with van der Waals surface area (Å²) in [4.78, 5) is 47.1. The molecule has 13 heteroatoms. The van der Waals surface area contributed by atoms with Gasteiger partial charge in [0.05, 0.1) is 23.1 Å². The number of carbonyl (C=O) groups excluding carboxylic acids is 1. The van der Waals surface area contributed by atoms with E-state index in [-0.39, 0.29) is 33.8 Å². The summed E-state index contributed by atoms with van der Waals surface area (Å²) in [6.07, 6.45) is -3.80. The lowest BCUT2D eigenvalue weighted by atomic mass is 10.1. The van der Waals surface area contributed by atoms with E-state index in [4.69, 9.17) is 0 Å². The zero-order chi connectivity index (χ0) is 23.9. The van der Waals surface area contributed by atoms with Crippen LogP contribution in [0.4, 0.5) is 22.7 Å². The Kier molecular flexibility index (Phi) is 5.57. The lowest BCUT2D eigenvalue weighted by Crippen LogP contribution is -2.33. The topological polar surface area (TPSA) is 110 Å². The number of carbonyl (C=O) groups is 1. The van der Waals surface area contributed by atoms with Crippen molar-refractivity contribution in [2.24, 2.45) is 7.05 Å². The second kappa shape index (κ2) is 8.24. The molecule has 0 fully saturated rings. The summed E-state index contributed by atoms with van der Waals surface area (Å²) >= 11 is 0.900. The fraction of sp³-hybridized carbons (Fsp3) is 0.150. The smallest absolute Gasteiger partial charge is 0.302 e. The number of aromatic amines is 1. The molecule has 1 amide bonds. The van der Waals surface area contributed by atoms with Crippen LogP contribution in [-0.2, 0) is 24.4 Å². The number of aromatic nitrogens is 4. The molecule has 0 bridgehead atoms. The fourth-order valence-corrected chi connectivity index (χ4v) is 3.89. The number of alkyl halides is 3. The first-order chi connectivity index (χ1) is 15.6. The Morgan fingerprint density at radius 3 is 2.73 bits per heavy atom. The molecule has 4 aromatic rings. The van der Waals surface area contributed by atoms with E-state index in [0.717, 1.165) is 28.0 Å². The van der Waals surface area contributed by atoms with Crippen LogP contribution < -0.4 is 16.6 Å². The second-order valence-corrected chi connectivity index (χ2v) is 7.77. The first kappa shape index (κ1) is 22.3. The molecule has 1 aromatic carbocycles. The minimum Gasteiger partial charge on any atom is -0.302 e. The highest BCUT2D eigenvalue weighted by Gasteiger charge is 2.35. The zero-order valence-electron chi connectivity index (χ0n) is 16.7. The van der Waals surface area contributed by atoms with Gasteiger partial charge in [0.15, 0.2) is 5.13 Å². The van der Waals surface area contributed by atoms with Crippen molar-refractivity contribution in [2.45, 2.75) is 12.6 Å². The third-order valence-electron chi connectivity index (χ3n) is 4.77. The molecular weight excluding hydrogens is 466 g/mol. The first-order valence-corrected chi connectivity index (χ1v) is 10.1. The summed E-state index contributed by atoms with van der Waals surface area (Å²) in [6.45, 7) is 0. The molecule has 0 aliphatic heterocycles. The van der Waals surface area contributed by atoms with Crippen LogP contribution in [0.3, 0.4) is 0 Å². The van der Waals surface area contributed by atoms with E-state index < -0.39 is 34.7 Å². The van der Waals surface area contributed by atoms with Crippen molar-refractivity contribution in [2.75, 3.05) is 5.32 Å². The number of nitrogens with one attached hydrogen (secondary N) is 2. The van der Waals surface area contributed by atoms with Gasteiger partial charge in [-0.25, -0.2) is 19.2 Å². The molecule has 0 saturated carbocycles. The van der Waals surface area contributed by atoms with Gasteiger partial charge >= 0.3 is 11.9 Å². The van der Waals surface area contributed by atoms with Crippen LogP contribution in [-0.4, -0.2) is 25.4 Å². The third-order valence-corrected chi connectivity index (χ3v) is 5.53. The summed E-state index contributed by atoms with van der Waals surface area (Å²) in [6, 6.07) is 4.31. The van der Waals surface area contributed by atoms with Crippen molar-refractivity contribution < 1.29 is 22.4 Å². The molecule has 0 aliphatic carbocycles. The largest absolute Gasteiger partial charge is 0.419 e. The van der Waals surface area contributed by atoms with Crippen LogP contribution in [0.1, 0.15) is 11.1 Å². The van der Waals surface area contributed by atoms with Gasteiger partial charge in [0, 0.05) is 24.2 Å². The Morgan fingerprint density at radius 1 is 1.24 bits per heavy atom. The molecule has 33 heavy (non-hydrogen) atoms. The number of hydrogen-bond donors (Lipinski definition) is 2. The minimum absolute atomic E-state index is 0.0324. The van der Waals surface area contributed by atoms with Crippen LogP contribution in [0.15, 0.2) is 45.4 Å². The summed E-state index contributed by atoms with van der Waals surface area (Å²) < 4.78 is 54.1. The van der Waals surface area contributed by atoms with Gasteiger partial charge < -0.3 is 5.32 Å². The molecule has 0 aliphatic rings. The molecule has 0 atom stereocenters. The highest BCUT2D eigenvalue weighted by atomic mass is 32.1. The SMILES string of the molecule is Cn1c(=O)[nH]c2nccc(CC(=O)Nc3nc(-c4cccc(C(F)(F)F)c4F)cs3)c2c1=O. The predicted octanol–water partition coefficient (Wildman–Crippen LogP) is 3.08. The minimum atomic E-state index is -4.86. The van der Waals surface area contributed by atoms with Crippen molar-refractivity contribution in [3.05, 3.63) is 73.6 Å². The predicted molar refractivity (Wildman–Crippen MR) is 112 cm³/mol. The Balaban J connectivity index is 1.59. The number of fused-ring (bicyclic) bond motifs is 1. The Labute approximate surface area is 185 Å². The van der Waals surface area contributed by atoms with E-state index in [0.29, 0.717) is 11.6 Å². The molecule has 2 N–H and O–H groups in total. The van der Waals surface area contributed by atoms with Crippen LogP contribution in [0.2, 0.25) is 0 Å². The molecular formula is C20H13F4N5O3S. The van der Waals surface area contributed by atoms with Gasteiger partial charge in [0.2, 0.25) is 5.91 Å². The molecule has 3 aromatic heterocycles. The monoisotopic (exact) mass is 479 g/mol. The molecule has 0 saturated heterocycles. The summed E-state index contributed by atoms with van der Waals surface area (Å²) in [5, 5.41) is 3.90. The standard InChI is InChI=1S/C20H13F4N5O3S/c1-29-17(31)14-9(5-6-25-16(14)28-19(29)32)7-13(30)27-18-26-12(8-33-18)10-3-2-4-11(15(10)21)20(22,23)24/h2-6,8H,7H2,1H3,(H,25,28,32)(H,26,27,30). The quantitative estimate of drug-likeness (QED) is 0.437. The maximum atomic E-state index is 14.4. The van der Waals surface area contributed by atoms with Crippen molar-refractivity contribution >= 4 is 33.4 Å². The Morgan fingerprint density at radius 2 is 2.00 bits per heavy atom. The number of nitrogens with zero attached hydrogens (tertiary/aromatic N) is 3. The van der Waals surface area contributed by atoms with E-state index in [1.807, 2.05) is 0 Å². The number of H-pyrrole nitrogens is 1. The third kappa shape index (κ3) is 4.26. The van der Waals surface area contributed by atoms with Gasteiger partial charge in [0.25, 0.3) is 5.56 Å². The van der Waals surface area contributed by atoms with Crippen molar-refractivity contribution in [3.63, 3.8) is 0 Å². The van der Waals surface area contributed by atoms with Crippen LogP contribution in [0, 0.1) is 5.82 Å². The Hall–Kier alpha value is -3.87. The fourth-order valence-electron chi connectivity index (χ4n) is 3.17. The van der Waals surface area contributed by atoms with Crippen LogP contribution in [0.25, 0.3) is 22.3 Å². The number of pyridine rings is 1. The van der Waals surface area contributed by atoms with Gasteiger partial charge in [-0.15, -0.1) is 11.3 Å². The van der Waals surface area contributed by atoms with E-state index in [1.54, 1.807) is 0 Å². The number of rotatable bonds is 4.